The average molecular weight is 221 g/mol. The van der Waals surface area contributed by atoms with Gasteiger partial charge in [-0.3, -0.25) is 0 Å². The third-order valence-corrected chi connectivity index (χ3v) is 3.44. The van der Waals surface area contributed by atoms with Gasteiger partial charge in [0.05, 0.1) is 13.7 Å². The van der Waals surface area contributed by atoms with E-state index in [0.29, 0.717) is 6.61 Å². The standard InChI is InChI=1S/C13H19NO2/c1-15-8-10-3-4-11(7-12(10)16-2)13(9-14)5-6-13/h3-4,7H,5-6,8-9,14H2,1-2H3. The highest BCUT2D eigenvalue weighted by Crippen LogP contribution is 2.48. The molecular weight excluding hydrogens is 202 g/mol. The van der Waals surface area contributed by atoms with Crippen molar-refractivity contribution in [3.05, 3.63) is 29.3 Å². The summed E-state index contributed by atoms with van der Waals surface area (Å²) in [6, 6.07) is 6.33. The third kappa shape index (κ3) is 1.93. The van der Waals surface area contributed by atoms with E-state index in [4.69, 9.17) is 15.2 Å². The molecule has 0 saturated heterocycles. The Bertz CT molecular complexity index is 372. The summed E-state index contributed by atoms with van der Waals surface area (Å²) in [4.78, 5) is 0. The maximum Gasteiger partial charge on any atom is 0.124 e. The van der Waals surface area contributed by atoms with Crippen molar-refractivity contribution in [3.63, 3.8) is 0 Å². The molecule has 1 aliphatic rings. The van der Waals surface area contributed by atoms with Gasteiger partial charge in [-0.25, -0.2) is 0 Å². The van der Waals surface area contributed by atoms with E-state index in [9.17, 15) is 0 Å². The first-order valence-corrected chi connectivity index (χ1v) is 5.62. The van der Waals surface area contributed by atoms with E-state index < -0.39 is 0 Å². The van der Waals surface area contributed by atoms with Gasteiger partial charge in [-0.15, -0.1) is 0 Å². The molecule has 1 saturated carbocycles. The van der Waals surface area contributed by atoms with E-state index in [0.717, 1.165) is 17.9 Å². The molecule has 2 rings (SSSR count). The van der Waals surface area contributed by atoms with E-state index >= 15 is 0 Å². The van der Waals surface area contributed by atoms with Gasteiger partial charge in [-0.05, 0) is 24.5 Å². The quantitative estimate of drug-likeness (QED) is 0.825. The van der Waals surface area contributed by atoms with Crippen LogP contribution < -0.4 is 10.5 Å². The molecule has 0 aromatic heterocycles. The molecule has 3 nitrogen and oxygen atoms in total. The second kappa shape index (κ2) is 4.44. The summed E-state index contributed by atoms with van der Waals surface area (Å²) in [7, 11) is 3.38. The lowest BCUT2D eigenvalue weighted by Gasteiger charge is -2.16. The molecule has 1 aromatic carbocycles. The van der Waals surface area contributed by atoms with Gasteiger partial charge in [0.2, 0.25) is 0 Å². The predicted molar refractivity (Wildman–Crippen MR) is 63.7 cm³/mol. The van der Waals surface area contributed by atoms with Gasteiger partial charge in [0.1, 0.15) is 5.75 Å². The zero-order chi connectivity index (χ0) is 11.6. The number of hydrogen-bond acceptors (Lipinski definition) is 3. The Balaban J connectivity index is 2.29. The van der Waals surface area contributed by atoms with Crippen molar-refractivity contribution in [3.8, 4) is 5.75 Å². The Kier molecular flexibility index (Phi) is 3.17. The van der Waals surface area contributed by atoms with Crippen LogP contribution in [-0.4, -0.2) is 20.8 Å². The number of rotatable bonds is 5. The van der Waals surface area contributed by atoms with Crippen LogP contribution in [-0.2, 0) is 16.8 Å². The van der Waals surface area contributed by atoms with E-state index in [1.54, 1.807) is 14.2 Å². The van der Waals surface area contributed by atoms with Crippen LogP contribution in [0.25, 0.3) is 0 Å². The molecule has 3 heteroatoms. The van der Waals surface area contributed by atoms with Gasteiger partial charge in [0, 0.05) is 24.6 Å². The van der Waals surface area contributed by atoms with Crippen LogP contribution in [0.2, 0.25) is 0 Å². The Hall–Kier alpha value is -1.06. The summed E-state index contributed by atoms with van der Waals surface area (Å²) < 4.78 is 10.5. The first-order valence-electron chi connectivity index (χ1n) is 5.62. The fourth-order valence-corrected chi connectivity index (χ4v) is 2.11. The second-order valence-electron chi connectivity index (χ2n) is 4.44. The minimum absolute atomic E-state index is 0.221. The van der Waals surface area contributed by atoms with Crippen molar-refractivity contribution < 1.29 is 9.47 Å². The Labute approximate surface area is 96.5 Å². The summed E-state index contributed by atoms with van der Waals surface area (Å²) in [5.41, 5.74) is 8.43. The number of hydrogen-bond donors (Lipinski definition) is 1. The van der Waals surface area contributed by atoms with E-state index in [1.165, 1.54) is 18.4 Å². The molecule has 0 spiro atoms. The summed E-state index contributed by atoms with van der Waals surface area (Å²) in [5, 5.41) is 0. The lowest BCUT2D eigenvalue weighted by molar-refractivity contribution is 0.181. The van der Waals surface area contributed by atoms with Gasteiger partial charge in [-0.1, -0.05) is 12.1 Å². The molecule has 16 heavy (non-hydrogen) atoms. The maximum absolute atomic E-state index is 5.82. The van der Waals surface area contributed by atoms with E-state index in [-0.39, 0.29) is 5.41 Å². The highest BCUT2D eigenvalue weighted by Gasteiger charge is 2.43. The zero-order valence-corrected chi connectivity index (χ0v) is 9.95. The van der Waals surface area contributed by atoms with Crippen molar-refractivity contribution in [2.45, 2.75) is 24.9 Å². The van der Waals surface area contributed by atoms with Crippen LogP contribution >= 0.6 is 0 Å². The van der Waals surface area contributed by atoms with Crippen molar-refractivity contribution in [1.29, 1.82) is 0 Å². The van der Waals surface area contributed by atoms with Crippen molar-refractivity contribution in [2.75, 3.05) is 20.8 Å². The molecule has 0 radical (unpaired) electrons. The molecule has 1 aliphatic carbocycles. The molecule has 1 aromatic rings. The minimum Gasteiger partial charge on any atom is -0.496 e. The van der Waals surface area contributed by atoms with E-state index in [1.807, 2.05) is 0 Å². The van der Waals surface area contributed by atoms with E-state index in [2.05, 4.69) is 18.2 Å². The second-order valence-corrected chi connectivity index (χ2v) is 4.44. The fraction of sp³-hybridized carbons (Fsp3) is 0.538. The highest BCUT2D eigenvalue weighted by molar-refractivity contribution is 5.43. The molecule has 0 aliphatic heterocycles. The number of nitrogens with two attached hydrogens (primary N) is 1. The van der Waals surface area contributed by atoms with Crippen molar-refractivity contribution in [2.24, 2.45) is 5.73 Å². The highest BCUT2D eigenvalue weighted by atomic mass is 16.5. The number of methoxy groups -OCH3 is 2. The molecule has 2 N–H and O–H groups in total. The summed E-state index contributed by atoms with van der Waals surface area (Å²) in [6.45, 7) is 1.30. The smallest absolute Gasteiger partial charge is 0.124 e. The molecule has 0 bridgehead atoms. The molecular formula is C13H19NO2. The maximum atomic E-state index is 5.82. The molecule has 0 atom stereocenters. The zero-order valence-electron chi connectivity index (χ0n) is 9.95. The normalized spacial score (nSPS) is 17.2. The first kappa shape index (κ1) is 11.4. The summed E-state index contributed by atoms with van der Waals surface area (Å²) >= 11 is 0. The van der Waals surface area contributed by atoms with Crippen LogP contribution in [0.4, 0.5) is 0 Å². The topological polar surface area (TPSA) is 44.5 Å². The SMILES string of the molecule is COCc1ccc(C2(CN)CC2)cc1OC. The molecule has 0 unspecified atom stereocenters. The molecule has 0 heterocycles. The Morgan fingerprint density at radius 1 is 1.31 bits per heavy atom. The van der Waals surface area contributed by atoms with Crippen LogP contribution in [0.5, 0.6) is 5.75 Å². The summed E-state index contributed by atoms with van der Waals surface area (Å²) in [6.07, 6.45) is 2.38. The van der Waals surface area contributed by atoms with Crippen LogP contribution in [0.15, 0.2) is 18.2 Å². The van der Waals surface area contributed by atoms with Crippen LogP contribution in [0, 0.1) is 0 Å². The third-order valence-electron chi connectivity index (χ3n) is 3.44. The van der Waals surface area contributed by atoms with Gasteiger partial charge in [0.25, 0.3) is 0 Å². The Morgan fingerprint density at radius 3 is 2.56 bits per heavy atom. The summed E-state index contributed by atoms with van der Waals surface area (Å²) in [5.74, 6) is 0.902. The average Bonchev–Trinajstić information content (AvgIpc) is 3.11. The van der Waals surface area contributed by atoms with Gasteiger partial charge in [0.15, 0.2) is 0 Å². The lowest BCUT2D eigenvalue weighted by atomic mass is 9.95. The molecule has 88 valence electrons. The monoisotopic (exact) mass is 221 g/mol. The van der Waals surface area contributed by atoms with Gasteiger partial charge in [-0.2, -0.15) is 0 Å². The largest absolute Gasteiger partial charge is 0.496 e. The number of ether oxygens (including phenoxy) is 2. The number of benzene rings is 1. The van der Waals surface area contributed by atoms with Gasteiger partial charge < -0.3 is 15.2 Å². The lowest BCUT2D eigenvalue weighted by Crippen LogP contribution is -2.19. The molecule has 0 amide bonds. The fourth-order valence-electron chi connectivity index (χ4n) is 2.11. The Morgan fingerprint density at radius 2 is 2.06 bits per heavy atom. The van der Waals surface area contributed by atoms with Crippen molar-refractivity contribution >= 4 is 0 Å². The minimum atomic E-state index is 0.221. The predicted octanol–water partition coefficient (Wildman–Crippen LogP) is 1.83. The van der Waals surface area contributed by atoms with Crippen LogP contribution in [0.1, 0.15) is 24.0 Å². The first-order chi connectivity index (χ1) is 7.75. The molecule has 1 fully saturated rings. The van der Waals surface area contributed by atoms with Crippen LogP contribution in [0.3, 0.4) is 0 Å². The van der Waals surface area contributed by atoms with Gasteiger partial charge >= 0.3 is 0 Å². The van der Waals surface area contributed by atoms with Crippen molar-refractivity contribution in [1.82, 2.24) is 0 Å².